The molecule has 1 aromatic carbocycles. The molecule has 1 amide bonds. The average Bonchev–Trinajstić information content (AvgIpc) is 3.67. The van der Waals surface area contributed by atoms with Crippen molar-refractivity contribution in [1.82, 2.24) is 4.98 Å². The van der Waals surface area contributed by atoms with Gasteiger partial charge in [0.15, 0.2) is 0 Å². The van der Waals surface area contributed by atoms with Gasteiger partial charge in [-0.2, -0.15) is 0 Å². The van der Waals surface area contributed by atoms with Crippen LogP contribution in [0.4, 0.5) is 31.8 Å². The molecule has 3 fully saturated rings. The zero-order chi connectivity index (χ0) is 27.8. The quantitative estimate of drug-likeness (QED) is 0.444. The Hall–Kier alpha value is -2.99. The molecule has 0 radical (unpaired) electrons. The molecule has 5 rings (SSSR count). The lowest BCUT2D eigenvalue weighted by atomic mass is 9.93. The number of pyridine rings is 1. The molecule has 1 saturated carbocycles. The van der Waals surface area contributed by atoms with Gasteiger partial charge < -0.3 is 20.2 Å². The summed E-state index contributed by atoms with van der Waals surface area (Å²) in [5, 5.41) is 11.2. The maximum absolute atomic E-state index is 13.6. The van der Waals surface area contributed by atoms with Crippen molar-refractivity contribution >= 4 is 38.9 Å². The Kier molecular flexibility index (Phi) is 7.45. The van der Waals surface area contributed by atoms with E-state index in [0.717, 1.165) is 25.9 Å². The Balaban J connectivity index is 1.37. The zero-order valence-electron chi connectivity index (χ0n) is 22.0. The standard InChI is InChI=1S/C27H35F2N5O4S/c1-19(18-35)39(37,38)32-20-5-6-21(22(17-20)33-13-9-26(7-8-26)10-14-33)25(36)31-23-3-2-4-24(30-23)34-15-11-27(28,29)12-16-34/h2-6,17,19,32,35H,7-16,18H2,1H3,(H,30,31,36)/t19-/m0/s1. The number of nitrogens with one attached hydrogen (secondary N) is 2. The molecule has 212 valence electrons. The van der Waals surface area contributed by atoms with E-state index in [-0.39, 0.29) is 25.9 Å². The summed E-state index contributed by atoms with van der Waals surface area (Å²) < 4.78 is 54.8. The van der Waals surface area contributed by atoms with Crippen LogP contribution in [0, 0.1) is 5.41 Å². The van der Waals surface area contributed by atoms with Crippen molar-refractivity contribution in [1.29, 1.82) is 0 Å². The highest BCUT2D eigenvalue weighted by Crippen LogP contribution is 2.54. The molecule has 0 bridgehead atoms. The maximum Gasteiger partial charge on any atom is 0.258 e. The lowest BCUT2D eigenvalue weighted by Crippen LogP contribution is -2.39. The molecule has 3 aliphatic rings. The highest BCUT2D eigenvalue weighted by atomic mass is 32.2. The second kappa shape index (κ2) is 10.5. The number of hydrogen-bond acceptors (Lipinski definition) is 7. The topological polar surface area (TPSA) is 115 Å². The third-order valence-electron chi connectivity index (χ3n) is 8.21. The highest BCUT2D eigenvalue weighted by molar-refractivity contribution is 7.93. The number of carbonyl (C=O) groups excluding carboxylic acids is 1. The fraction of sp³-hybridized carbons (Fsp3) is 0.556. The first-order valence-electron chi connectivity index (χ1n) is 13.4. The Morgan fingerprint density at radius 3 is 2.33 bits per heavy atom. The minimum absolute atomic E-state index is 0.185. The number of aliphatic hydroxyl groups excluding tert-OH is 1. The molecule has 1 atom stereocenters. The number of halogens is 2. The molecule has 1 aliphatic carbocycles. The summed E-state index contributed by atoms with van der Waals surface area (Å²) in [6, 6.07) is 9.90. The second-order valence-corrected chi connectivity index (χ2v) is 13.1. The fourth-order valence-electron chi connectivity index (χ4n) is 5.23. The van der Waals surface area contributed by atoms with E-state index < -0.39 is 33.7 Å². The summed E-state index contributed by atoms with van der Waals surface area (Å²) >= 11 is 0. The van der Waals surface area contributed by atoms with E-state index >= 15 is 0 Å². The molecule has 39 heavy (non-hydrogen) atoms. The number of aromatic nitrogens is 1. The Labute approximate surface area is 227 Å². The number of amides is 1. The Morgan fingerprint density at radius 1 is 1.03 bits per heavy atom. The SMILES string of the molecule is C[C@@H](CO)S(=O)(=O)Nc1ccc(C(=O)Nc2cccc(N3CCC(F)(F)CC3)n2)c(N2CCC3(CC2)CC3)c1. The summed E-state index contributed by atoms with van der Waals surface area (Å²) in [4.78, 5) is 21.9. The molecule has 2 saturated heterocycles. The molecule has 0 unspecified atom stereocenters. The molecule has 3 heterocycles. The molecule has 9 nitrogen and oxygen atoms in total. The molecule has 1 spiro atoms. The molecule has 2 aliphatic heterocycles. The molecule has 2 aromatic rings. The predicted molar refractivity (Wildman–Crippen MR) is 147 cm³/mol. The van der Waals surface area contributed by atoms with E-state index in [4.69, 9.17) is 0 Å². The van der Waals surface area contributed by atoms with Gasteiger partial charge in [-0.3, -0.25) is 9.52 Å². The van der Waals surface area contributed by atoms with Crippen LogP contribution >= 0.6 is 0 Å². The number of sulfonamides is 1. The summed E-state index contributed by atoms with van der Waals surface area (Å²) in [5.74, 6) is -2.23. The lowest BCUT2D eigenvalue weighted by Gasteiger charge is -2.35. The summed E-state index contributed by atoms with van der Waals surface area (Å²) in [6.07, 6.45) is 4.01. The van der Waals surface area contributed by atoms with Crippen molar-refractivity contribution in [2.45, 2.75) is 56.6 Å². The van der Waals surface area contributed by atoms with Crippen LogP contribution in [0.2, 0.25) is 0 Å². The van der Waals surface area contributed by atoms with Crippen molar-refractivity contribution in [2.24, 2.45) is 5.41 Å². The molecular weight excluding hydrogens is 528 g/mol. The minimum Gasteiger partial charge on any atom is -0.395 e. The Bertz CT molecular complexity index is 1320. The van der Waals surface area contributed by atoms with Gasteiger partial charge in [-0.15, -0.1) is 0 Å². The molecule has 1 aromatic heterocycles. The van der Waals surface area contributed by atoms with Gasteiger partial charge in [0.2, 0.25) is 10.0 Å². The molecule has 3 N–H and O–H groups in total. The first kappa shape index (κ1) is 27.6. The van der Waals surface area contributed by atoms with Crippen LogP contribution in [0.25, 0.3) is 0 Å². The number of carbonyl (C=O) groups is 1. The van der Waals surface area contributed by atoms with Gasteiger partial charge in [0.1, 0.15) is 16.9 Å². The van der Waals surface area contributed by atoms with E-state index in [2.05, 4.69) is 19.9 Å². The van der Waals surface area contributed by atoms with Gasteiger partial charge in [-0.25, -0.2) is 22.2 Å². The first-order chi connectivity index (χ1) is 18.5. The lowest BCUT2D eigenvalue weighted by molar-refractivity contribution is -0.0221. The highest BCUT2D eigenvalue weighted by Gasteiger charge is 2.44. The van der Waals surface area contributed by atoms with Crippen LogP contribution in [0.1, 0.15) is 55.8 Å². The van der Waals surface area contributed by atoms with E-state index in [1.165, 1.54) is 25.8 Å². The number of hydrogen-bond donors (Lipinski definition) is 3. The Morgan fingerprint density at radius 2 is 1.69 bits per heavy atom. The number of alkyl halides is 2. The first-order valence-corrected chi connectivity index (χ1v) is 15.0. The van der Waals surface area contributed by atoms with E-state index in [1.54, 1.807) is 35.2 Å². The van der Waals surface area contributed by atoms with Crippen LogP contribution in [0.15, 0.2) is 36.4 Å². The van der Waals surface area contributed by atoms with Gasteiger partial charge in [-0.1, -0.05) is 6.07 Å². The summed E-state index contributed by atoms with van der Waals surface area (Å²) in [7, 11) is -3.80. The largest absolute Gasteiger partial charge is 0.395 e. The van der Waals surface area contributed by atoms with E-state index in [0.29, 0.717) is 34.0 Å². The van der Waals surface area contributed by atoms with Crippen LogP contribution in [-0.4, -0.2) is 68.4 Å². The van der Waals surface area contributed by atoms with Crippen molar-refractivity contribution in [3.8, 4) is 0 Å². The van der Waals surface area contributed by atoms with Crippen molar-refractivity contribution in [3.05, 3.63) is 42.0 Å². The minimum atomic E-state index is -3.80. The number of benzene rings is 1. The normalized spacial score (nSPS) is 20.9. The second-order valence-electron chi connectivity index (χ2n) is 11.0. The molecule has 12 heteroatoms. The van der Waals surface area contributed by atoms with E-state index in [1.807, 2.05) is 0 Å². The van der Waals surface area contributed by atoms with Crippen LogP contribution in [0.3, 0.4) is 0 Å². The fourth-order valence-corrected chi connectivity index (χ4v) is 6.08. The van der Waals surface area contributed by atoms with Crippen molar-refractivity contribution in [2.75, 3.05) is 52.6 Å². The van der Waals surface area contributed by atoms with Crippen molar-refractivity contribution in [3.63, 3.8) is 0 Å². The monoisotopic (exact) mass is 563 g/mol. The van der Waals surface area contributed by atoms with Gasteiger partial charge >= 0.3 is 0 Å². The van der Waals surface area contributed by atoms with Crippen molar-refractivity contribution < 1.29 is 27.1 Å². The van der Waals surface area contributed by atoms with Crippen LogP contribution < -0.4 is 19.8 Å². The average molecular weight is 564 g/mol. The molecular formula is C27H35F2N5O4S. The predicted octanol–water partition coefficient (Wildman–Crippen LogP) is 4.07. The smallest absolute Gasteiger partial charge is 0.258 e. The van der Waals surface area contributed by atoms with E-state index in [9.17, 15) is 27.1 Å². The van der Waals surface area contributed by atoms with Gasteiger partial charge in [0.05, 0.1) is 23.5 Å². The zero-order valence-corrected chi connectivity index (χ0v) is 22.8. The third-order valence-corrected chi connectivity index (χ3v) is 9.93. The number of rotatable bonds is 8. The number of piperidine rings is 2. The van der Waals surface area contributed by atoms with Gasteiger partial charge in [-0.05, 0) is 68.4 Å². The number of nitrogens with zero attached hydrogens (tertiary/aromatic N) is 3. The summed E-state index contributed by atoms with van der Waals surface area (Å²) in [5.41, 5.74) is 1.73. The number of anilines is 4. The van der Waals surface area contributed by atoms with Crippen LogP contribution in [0.5, 0.6) is 0 Å². The number of aliphatic hydroxyl groups is 1. The maximum atomic E-state index is 13.6. The van der Waals surface area contributed by atoms with Gasteiger partial charge in [0, 0.05) is 39.0 Å². The van der Waals surface area contributed by atoms with Gasteiger partial charge in [0.25, 0.3) is 11.8 Å². The third kappa shape index (κ3) is 6.27. The summed E-state index contributed by atoms with van der Waals surface area (Å²) in [6.45, 7) is 2.80. The van der Waals surface area contributed by atoms with Crippen LogP contribution in [-0.2, 0) is 10.0 Å².